The van der Waals surface area contributed by atoms with E-state index in [9.17, 15) is 16.8 Å². The highest BCUT2D eigenvalue weighted by atomic mass is 32.2. The number of hydrogen-bond donors (Lipinski definition) is 0. The first-order valence-electron chi connectivity index (χ1n) is 28.8. The Kier molecular flexibility index (Phi) is 25.6. The van der Waals surface area contributed by atoms with Crippen molar-refractivity contribution in [1.82, 2.24) is 8.61 Å². The molecule has 420 valence electrons. The third kappa shape index (κ3) is 20.9. The Morgan fingerprint density at radius 3 is 0.679 bits per heavy atom. The van der Waals surface area contributed by atoms with Crippen LogP contribution < -0.4 is 0 Å². The van der Waals surface area contributed by atoms with Gasteiger partial charge in [-0.1, -0.05) is 210 Å². The predicted molar refractivity (Wildman–Crippen MR) is 313 cm³/mol. The molecule has 0 saturated carbocycles. The highest BCUT2D eigenvalue weighted by molar-refractivity contribution is 7.89. The fraction of sp³-hybridized carbons (Fsp3) is 0.455. The van der Waals surface area contributed by atoms with Crippen molar-refractivity contribution in [3.8, 4) is 0 Å². The fourth-order valence-electron chi connectivity index (χ4n) is 9.65. The zero-order chi connectivity index (χ0) is 54.7. The second kappa shape index (κ2) is 32.9. The Bertz CT molecular complexity index is 2520. The normalized spacial score (nSPS) is 17.9. The average molecular weight is 1100 g/mol. The third-order valence-electron chi connectivity index (χ3n) is 14.6. The third-order valence-corrected chi connectivity index (χ3v) is 18.2. The minimum atomic E-state index is -3.77. The van der Waals surface area contributed by atoms with Crippen LogP contribution in [0.2, 0.25) is 0 Å². The van der Waals surface area contributed by atoms with Gasteiger partial charge in [-0.15, -0.1) is 0 Å². The van der Waals surface area contributed by atoms with E-state index in [4.69, 9.17) is 18.9 Å². The lowest BCUT2D eigenvalue weighted by atomic mass is 10.1. The molecule has 0 aliphatic carbocycles. The van der Waals surface area contributed by atoms with E-state index >= 15 is 0 Å². The first kappa shape index (κ1) is 60.6. The van der Waals surface area contributed by atoms with Crippen molar-refractivity contribution in [3.05, 3.63) is 201 Å². The smallest absolute Gasteiger partial charge is 0.243 e. The van der Waals surface area contributed by atoms with Gasteiger partial charge < -0.3 is 18.9 Å². The summed E-state index contributed by atoms with van der Waals surface area (Å²) < 4.78 is 83.8. The van der Waals surface area contributed by atoms with Gasteiger partial charge in [-0.25, -0.2) is 16.8 Å². The van der Waals surface area contributed by atoms with Gasteiger partial charge >= 0.3 is 0 Å². The van der Waals surface area contributed by atoms with Crippen LogP contribution in [0.4, 0.5) is 0 Å². The van der Waals surface area contributed by atoms with Crippen molar-refractivity contribution in [3.63, 3.8) is 0 Å². The van der Waals surface area contributed by atoms with Gasteiger partial charge in [-0.3, -0.25) is 0 Å². The number of benzene rings is 6. The first-order chi connectivity index (χ1) is 38.0. The number of hydrogen-bond acceptors (Lipinski definition) is 8. The van der Waals surface area contributed by atoms with E-state index in [-0.39, 0.29) is 26.2 Å². The number of sulfonamides is 2. The van der Waals surface area contributed by atoms with Crippen LogP contribution in [0, 0.1) is 13.8 Å². The number of ether oxygens (including phenoxy) is 4. The molecule has 7 heterocycles. The predicted octanol–water partition coefficient (Wildman–Crippen LogP) is 15.1. The van der Waals surface area contributed by atoms with E-state index in [2.05, 4.69) is 0 Å². The summed E-state index contributed by atoms with van der Waals surface area (Å²) in [6.07, 6.45) is 18.4. The maximum absolute atomic E-state index is 14.1. The monoisotopic (exact) mass is 1100 g/mol. The van der Waals surface area contributed by atoms with Gasteiger partial charge in [0.15, 0.2) is 0 Å². The quantitative estimate of drug-likeness (QED) is 0.172. The molecule has 13 rings (SSSR count). The summed E-state index contributed by atoms with van der Waals surface area (Å²) in [6, 6.07) is 46.7. The lowest BCUT2D eigenvalue weighted by molar-refractivity contribution is 0.116. The minimum Gasteiger partial charge on any atom is -0.377 e. The van der Waals surface area contributed by atoms with Crippen molar-refractivity contribution in [1.29, 1.82) is 0 Å². The Balaban J connectivity index is 0.894. The van der Waals surface area contributed by atoms with Crippen LogP contribution in [0.3, 0.4) is 0 Å². The number of nitrogens with zero attached hydrogens (tertiary/aromatic N) is 2. The van der Waals surface area contributed by atoms with Gasteiger partial charge in [0.1, 0.15) is 0 Å². The van der Waals surface area contributed by atoms with E-state index in [1.807, 2.05) is 135 Å². The molecule has 0 atom stereocenters. The highest BCUT2D eigenvalue weighted by Gasteiger charge is 2.27. The molecule has 78 heavy (non-hydrogen) atoms. The lowest BCUT2D eigenvalue weighted by Crippen LogP contribution is -2.30. The van der Waals surface area contributed by atoms with Gasteiger partial charge in [0.05, 0.1) is 36.2 Å². The molecule has 0 N–H and O–H groups in total. The zero-order valence-electron chi connectivity index (χ0n) is 46.6. The summed E-state index contributed by atoms with van der Waals surface area (Å²) >= 11 is 0. The second-order valence-electron chi connectivity index (χ2n) is 21.3. The molecule has 0 unspecified atom stereocenters. The van der Waals surface area contributed by atoms with Crippen LogP contribution in [0.5, 0.6) is 0 Å². The average Bonchev–Trinajstić information content (AvgIpc) is 3.50. The van der Waals surface area contributed by atoms with Crippen LogP contribution in [-0.4, -0.2) is 51.9 Å². The van der Waals surface area contributed by atoms with E-state index in [0.717, 1.165) is 133 Å². The molecule has 0 amide bonds. The van der Waals surface area contributed by atoms with Crippen molar-refractivity contribution in [2.75, 3.05) is 26.4 Å². The van der Waals surface area contributed by atoms with Crippen molar-refractivity contribution >= 4 is 20.0 Å². The second-order valence-corrected chi connectivity index (χ2v) is 25.2. The molecule has 12 heteroatoms. The van der Waals surface area contributed by atoms with Crippen LogP contribution in [0.15, 0.2) is 155 Å². The first-order valence-corrected chi connectivity index (χ1v) is 31.7. The van der Waals surface area contributed by atoms with Gasteiger partial charge in [0.2, 0.25) is 20.0 Å². The van der Waals surface area contributed by atoms with Crippen molar-refractivity contribution in [2.24, 2.45) is 0 Å². The van der Waals surface area contributed by atoms with E-state index in [1.165, 1.54) is 51.4 Å². The molecule has 0 spiro atoms. The standard InChI is InChI=1S/C66H86N2O8S2/c1-55-19-39-65(40-20-55)77(69,70)67-47-57-23-31-61(32-24-57)51-73-43-15-11-7-3-5-9-13-17-45-75-53-63-35-27-59(28-36-63)49-68(78(71,72)66-41-21-56(2)22-42-66)50-60-29-37-64(38-30-60)54-76-46-18-14-10-6-4-8-12-16-44-74-52-62-33-25-58(48-67)26-34-62/h19-42H,3-18,43-54H2,1-2H3. The minimum absolute atomic E-state index is 0.255. The van der Waals surface area contributed by atoms with Gasteiger partial charge in [0.25, 0.3) is 0 Å². The van der Waals surface area contributed by atoms with Crippen molar-refractivity contribution < 1.29 is 35.8 Å². The van der Waals surface area contributed by atoms with E-state index in [0.29, 0.717) is 36.2 Å². The fourth-order valence-corrected chi connectivity index (χ4v) is 12.5. The molecule has 7 aliphatic heterocycles. The lowest BCUT2D eigenvalue weighted by Gasteiger charge is -2.23. The van der Waals surface area contributed by atoms with Crippen LogP contribution in [-0.2, 0) is 91.6 Å². The Morgan fingerprint density at radius 2 is 0.462 bits per heavy atom. The summed E-state index contributed by atoms with van der Waals surface area (Å²) in [5, 5.41) is 0. The molecule has 0 fully saturated rings. The molecule has 6 aromatic carbocycles. The van der Waals surface area contributed by atoms with Gasteiger partial charge in [-0.2, -0.15) is 8.61 Å². The van der Waals surface area contributed by atoms with E-state index < -0.39 is 20.0 Å². The molecular formula is C66H86N2O8S2. The molecule has 0 saturated heterocycles. The zero-order valence-corrected chi connectivity index (χ0v) is 48.3. The van der Waals surface area contributed by atoms with Gasteiger partial charge in [-0.05, 0) is 108 Å². The maximum atomic E-state index is 14.1. The maximum Gasteiger partial charge on any atom is 0.243 e. The SMILES string of the molecule is Cc1ccc(S(=O)(=O)N2Cc3ccc(cc3)COCCCCCCCCCCOCc3ccc(cc3)CN(S(=O)(=O)c3ccc(C)cc3)Cc3ccc(cc3)COCCCCCCCCCCOCc3ccc(cc3)C2)cc1. The summed E-state index contributed by atoms with van der Waals surface area (Å²) in [6.45, 7) is 9.93. The Morgan fingerprint density at radius 1 is 0.269 bits per heavy atom. The molecule has 0 aromatic heterocycles. The molecule has 10 nitrogen and oxygen atoms in total. The summed E-state index contributed by atoms with van der Waals surface area (Å²) in [5.41, 5.74) is 10.0. The van der Waals surface area contributed by atoms with E-state index in [1.54, 1.807) is 32.9 Å². The van der Waals surface area contributed by atoms with Crippen LogP contribution in [0.25, 0.3) is 0 Å². The van der Waals surface area contributed by atoms with Gasteiger partial charge in [0, 0.05) is 52.6 Å². The van der Waals surface area contributed by atoms with Crippen molar-refractivity contribution in [2.45, 2.75) is 179 Å². The number of rotatable bonds is 4. The van der Waals surface area contributed by atoms with Crippen LogP contribution in [0.1, 0.15) is 158 Å². The molecule has 7 aliphatic rings. The highest BCUT2D eigenvalue weighted by Crippen LogP contribution is 2.25. The summed E-state index contributed by atoms with van der Waals surface area (Å²) in [7, 11) is -7.55. The summed E-state index contributed by atoms with van der Waals surface area (Å²) in [5.74, 6) is 0. The largest absolute Gasteiger partial charge is 0.377 e. The topological polar surface area (TPSA) is 112 Å². The Hall–Kier alpha value is -5.02. The molecule has 8 bridgehead atoms. The Labute approximate surface area is 468 Å². The van der Waals surface area contributed by atoms with Crippen LogP contribution >= 0.6 is 0 Å². The molecule has 0 radical (unpaired) electrons. The summed E-state index contributed by atoms with van der Waals surface area (Å²) in [4.78, 5) is 0.585. The molecular weight excluding hydrogens is 1010 g/mol. The molecule has 6 aromatic rings. The number of aryl methyl sites for hydroxylation is 2.